The Labute approximate surface area is 406 Å². The van der Waals surface area contributed by atoms with E-state index in [1.54, 1.807) is 0 Å². The lowest BCUT2D eigenvalue weighted by Crippen LogP contribution is -2.19. The number of rotatable bonds is 42. The molecule has 0 aromatic heterocycles. The van der Waals surface area contributed by atoms with Crippen molar-refractivity contribution in [2.45, 2.75) is 272 Å². The minimum atomic E-state index is -2.88. The minimum Gasteiger partial charge on any atom is -0.414 e. The van der Waals surface area contributed by atoms with Crippen LogP contribution in [0.25, 0.3) is 0 Å². The molecule has 6 unspecified atom stereocenters. The molecule has 378 valence electrons. The van der Waals surface area contributed by atoms with Gasteiger partial charge in [-0.1, -0.05) is 209 Å². The van der Waals surface area contributed by atoms with Gasteiger partial charge in [0.1, 0.15) is 36.3 Å². The van der Waals surface area contributed by atoms with Crippen LogP contribution < -0.4 is 9.05 Å². The van der Waals surface area contributed by atoms with Gasteiger partial charge in [0, 0.05) is 26.1 Å². The molecule has 0 aliphatic carbocycles. The fourth-order valence-electron chi connectivity index (χ4n) is 8.84. The summed E-state index contributed by atoms with van der Waals surface area (Å²) >= 11 is 0. The van der Waals surface area contributed by atoms with Crippen LogP contribution in [0, 0.1) is 0 Å². The average Bonchev–Trinajstić information content (AvgIpc) is 3.33. The lowest BCUT2D eigenvalue weighted by Gasteiger charge is -2.27. The van der Waals surface area contributed by atoms with E-state index >= 15 is 4.20 Å². The maximum Gasteiger partial charge on any atom is 0.505 e. The lowest BCUT2D eigenvalue weighted by molar-refractivity contribution is -0.118. The van der Waals surface area contributed by atoms with Crippen LogP contribution >= 0.6 is 8.69 Å². The Bertz CT molecular complexity index is 1390. The van der Waals surface area contributed by atoms with Crippen molar-refractivity contribution in [3.63, 3.8) is 0 Å². The van der Waals surface area contributed by atoms with Crippen LogP contribution in [0.4, 0.5) is 4.20 Å². The van der Waals surface area contributed by atoms with Crippen molar-refractivity contribution in [2.75, 3.05) is 13.2 Å². The smallest absolute Gasteiger partial charge is 0.414 e. The van der Waals surface area contributed by atoms with E-state index in [-0.39, 0.29) is 23.7 Å². The van der Waals surface area contributed by atoms with Gasteiger partial charge in [0.05, 0.1) is 0 Å². The maximum atomic E-state index is 16.8. The fourth-order valence-corrected chi connectivity index (χ4v) is 9.58. The molecular weight excluding hydrogens is 843 g/mol. The number of ether oxygens (including phenoxy) is 2. The van der Waals surface area contributed by atoms with Gasteiger partial charge in [-0.25, -0.2) is 0 Å². The number of hydrogen-bond donors (Lipinski definition) is 0. The molecule has 8 heteroatoms. The molecule has 0 spiro atoms. The van der Waals surface area contributed by atoms with Crippen LogP contribution in [0.1, 0.15) is 280 Å². The summed E-state index contributed by atoms with van der Waals surface area (Å²) in [7, 11) is -2.88. The van der Waals surface area contributed by atoms with Crippen molar-refractivity contribution < 1.29 is 32.3 Å². The Kier molecular flexibility index (Phi) is 33.2. The molecule has 0 saturated carbocycles. The zero-order valence-electron chi connectivity index (χ0n) is 44.0. The molecule has 0 bridgehead atoms. The van der Waals surface area contributed by atoms with Crippen LogP contribution in [-0.4, -0.2) is 38.0 Å². The van der Waals surface area contributed by atoms with Gasteiger partial charge in [-0.3, -0.25) is 0 Å². The molecule has 66 heavy (non-hydrogen) atoms. The molecule has 0 heterocycles. The molecule has 0 radical (unpaired) electrons. The average molecular weight is 941 g/mol. The first-order chi connectivity index (χ1) is 32.0. The van der Waals surface area contributed by atoms with Crippen molar-refractivity contribution in [3.05, 3.63) is 57.6 Å². The summed E-state index contributed by atoms with van der Waals surface area (Å²) in [6.07, 6.45) is 30.1. The van der Waals surface area contributed by atoms with E-state index in [0.29, 0.717) is 37.6 Å². The number of carbonyl (C=O) groups is 2. The highest BCUT2D eigenvalue weighted by atomic mass is 31.2. The standard InChI is InChI=1S/C58H98FO6P/c1-11-17-19-21-23-25-27-29-31-33-35-62-51(43-60)37-49-39-53(45(7)13-3)57(54(40-49)46(8)14-4)64-66(59)65-58-55(47(9)15-5)41-50(42-56(58)48(10)16-6)38-52(44-61)63-36-34-32-30-28-26-24-22-20-18-12-2/h39-48,51-52H,11-38H2,1-10H3. The van der Waals surface area contributed by atoms with Gasteiger partial charge in [-0.15, -0.1) is 4.20 Å². The predicted octanol–water partition coefficient (Wildman–Crippen LogP) is 18.5. The maximum absolute atomic E-state index is 16.8. The van der Waals surface area contributed by atoms with Crippen LogP contribution in [0.5, 0.6) is 11.5 Å². The molecule has 0 N–H and O–H groups in total. The second-order valence-electron chi connectivity index (χ2n) is 19.7. The molecule has 0 aliphatic heterocycles. The van der Waals surface area contributed by atoms with E-state index in [2.05, 4.69) is 93.5 Å². The van der Waals surface area contributed by atoms with Crippen molar-refractivity contribution in [1.82, 2.24) is 0 Å². The zero-order chi connectivity index (χ0) is 48.5. The number of aldehydes is 2. The van der Waals surface area contributed by atoms with E-state index < -0.39 is 20.9 Å². The highest BCUT2D eigenvalue weighted by Gasteiger charge is 2.29. The first kappa shape index (κ1) is 59.8. The first-order valence-corrected chi connectivity index (χ1v) is 28.4. The number of benzene rings is 2. The molecule has 2 rings (SSSR count). The number of unbranched alkanes of at least 4 members (excludes halogenated alkanes) is 18. The van der Waals surface area contributed by atoms with E-state index in [1.807, 2.05) is 0 Å². The first-order valence-electron chi connectivity index (χ1n) is 27.3. The van der Waals surface area contributed by atoms with Gasteiger partial charge in [0.15, 0.2) is 0 Å². The Morgan fingerprint density at radius 3 is 0.939 bits per heavy atom. The molecular formula is C58H98FO6P. The van der Waals surface area contributed by atoms with Gasteiger partial charge in [0.25, 0.3) is 0 Å². The third-order valence-corrected chi connectivity index (χ3v) is 14.8. The highest BCUT2D eigenvalue weighted by molar-refractivity contribution is 7.42. The SMILES string of the molecule is CCCCCCCCCCCCOC(C=O)Cc1cc(C(C)CC)c(OP(F)Oc2c(C(C)CC)cc(CC(C=O)OCCCCCCCCCCCC)cc2C(C)CC)c(C(C)CC)c1. The molecule has 6 atom stereocenters. The summed E-state index contributed by atoms with van der Waals surface area (Å²) in [5, 5.41) is 0. The lowest BCUT2D eigenvalue weighted by atomic mass is 9.87. The molecule has 2 aromatic carbocycles. The minimum absolute atomic E-state index is 0.0946. The third-order valence-electron chi connectivity index (χ3n) is 14.1. The van der Waals surface area contributed by atoms with Crippen LogP contribution in [0.3, 0.4) is 0 Å². The Morgan fingerprint density at radius 1 is 0.439 bits per heavy atom. The second kappa shape index (κ2) is 36.6. The number of carbonyl (C=O) groups excluding carboxylic acids is 2. The molecule has 0 saturated heterocycles. The fraction of sp³-hybridized carbons (Fsp3) is 0.759. The monoisotopic (exact) mass is 941 g/mol. The molecule has 6 nitrogen and oxygen atoms in total. The Hall–Kier alpha value is -2.34. The van der Waals surface area contributed by atoms with E-state index in [9.17, 15) is 9.59 Å². The number of halogens is 1. The summed E-state index contributed by atoms with van der Waals surface area (Å²) in [5.41, 5.74) is 5.78. The summed E-state index contributed by atoms with van der Waals surface area (Å²) in [5.74, 6) is 1.50. The van der Waals surface area contributed by atoms with Crippen LogP contribution in [0.15, 0.2) is 24.3 Å². The molecule has 0 fully saturated rings. The predicted molar refractivity (Wildman–Crippen MR) is 280 cm³/mol. The molecule has 0 amide bonds. The molecule has 2 aromatic rings. The van der Waals surface area contributed by atoms with Crippen molar-refractivity contribution in [1.29, 1.82) is 0 Å². The van der Waals surface area contributed by atoms with Crippen LogP contribution in [-0.2, 0) is 31.9 Å². The van der Waals surface area contributed by atoms with Crippen LogP contribution in [0.2, 0.25) is 0 Å². The summed E-state index contributed by atoms with van der Waals surface area (Å²) < 4.78 is 42.0. The van der Waals surface area contributed by atoms with E-state index in [0.717, 1.165) is 97.3 Å². The number of hydrogen-bond acceptors (Lipinski definition) is 6. The highest BCUT2D eigenvalue weighted by Crippen LogP contribution is 2.51. The Balaban J connectivity index is 2.26. The van der Waals surface area contributed by atoms with Gasteiger partial charge in [-0.05, 0) is 95.6 Å². The Morgan fingerprint density at radius 2 is 0.697 bits per heavy atom. The van der Waals surface area contributed by atoms with Gasteiger partial charge in [-0.2, -0.15) is 0 Å². The van der Waals surface area contributed by atoms with Gasteiger partial charge >= 0.3 is 8.69 Å². The summed E-state index contributed by atoms with van der Waals surface area (Å²) in [6, 6.07) is 8.41. The van der Waals surface area contributed by atoms with E-state index in [1.165, 1.54) is 103 Å². The topological polar surface area (TPSA) is 71.1 Å². The largest absolute Gasteiger partial charge is 0.505 e. The quantitative estimate of drug-likeness (QED) is 0.0375. The molecule has 0 aliphatic rings. The normalized spacial score (nSPS) is 14.9. The third kappa shape index (κ3) is 22.8. The van der Waals surface area contributed by atoms with Crippen molar-refractivity contribution >= 4 is 21.3 Å². The zero-order valence-corrected chi connectivity index (χ0v) is 44.9. The van der Waals surface area contributed by atoms with Gasteiger partial charge in [0.2, 0.25) is 0 Å². The van der Waals surface area contributed by atoms with Crippen molar-refractivity contribution in [2.24, 2.45) is 0 Å². The summed E-state index contributed by atoms with van der Waals surface area (Å²) in [4.78, 5) is 24.6. The summed E-state index contributed by atoms with van der Waals surface area (Å²) in [6.45, 7) is 22.8. The second-order valence-corrected chi connectivity index (χ2v) is 20.5. The van der Waals surface area contributed by atoms with Crippen molar-refractivity contribution in [3.8, 4) is 11.5 Å². The van der Waals surface area contributed by atoms with E-state index in [4.69, 9.17) is 18.5 Å². The van der Waals surface area contributed by atoms with Gasteiger partial charge < -0.3 is 28.1 Å².